The summed E-state index contributed by atoms with van der Waals surface area (Å²) in [5.41, 5.74) is 2.78. The van der Waals surface area contributed by atoms with E-state index in [4.69, 9.17) is 0 Å². The summed E-state index contributed by atoms with van der Waals surface area (Å²) in [6.07, 6.45) is 1.82. The third-order valence-electron chi connectivity index (χ3n) is 3.63. The van der Waals surface area contributed by atoms with Crippen LogP contribution < -0.4 is 5.32 Å². The molecule has 1 heterocycles. The highest BCUT2D eigenvalue weighted by molar-refractivity contribution is 7.90. The minimum atomic E-state index is -3.13. The third kappa shape index (κ3) is 5.11. The Morgan fingerprint density at radius 2 is 1.84 bits per heavy atom. The highest BCUT2D eigenvalue weighted by Crippen LogP contribution is 2.24. The molecule has 3 rings (SSSR count). The molecule has 0 aliphatic heterocycles. The van der Waals surface area contributed by atoms with Crippen LogP contribution in [0, 0.1) is 0 Å². The molecule has 130 valence electrons. The smallest absolute Gasteiger partial charge is 0.225 e. The molecule has 0 unspecified atom stereocenters. The van der Waals surface area contributed by atoms with Crippen molar-refractivity contribution >= 4 is 43.0 Å². The largest absolute Gasteiger partial charge is 0.326 e. The van der Waals surface area contributed by atoms with Crippen LogP contribution in [0.1, 0.15) is 17.0 Å². The number of para-hydroxylation sites is 1. The van der Waals surface area contributed by atoms with Crippen molar-refractivity contribution < 1.29 is 13.2 Å². The molecule has 0 spiro atoms. The molecule has 0 aliphatic rings. The molecule has 1 N–H and O–H groups in total. The molecule has 0 bridgehead atoms. The number of carbonyl (C=O) groups excluding carboxylic acids is 1. The number of anilines is 1. The van der Waals surface area contributed by atoms with Crippen LogP contribution in [0.2, 0.25) is 0 Å². The molecule has 0 atom stereocenters. The Morgan fingerprint density at radius 3 is 2.52 bits per heavy atom. The first kappa shape index (κ1) is 17.6. The molecule has 0 saturated carbocycles. The standard InChI is InChI=1S/C18H18N2O3S2/c1-25(22,23)11-10-17(21)19-14-8-6-13(7-9-14)12-18-20-15-4-2-3-5-16(15)24-18/h2-9H,10-12H2,1H3,(H,19,21). The van der Waals surface area contributed by atoms with Gasteiger partial charge in [0.2, 0.25) is 5.91 Å². The maximum atomic E-state index is 11.8. The van der Waals surface area contributed by atoms with Gasteiger partial charge in [-0.25, -0.2) is 13.4 Å². The lowest BCUT2D eigenvalue weighted by molar-refractivity contribution is -0.115. The maximum Gasteiger partial charge on any atom is 0.225 e. The van der Waals surface area contributed by atoms with Gasteiger partial charge in [0, 0.05) is 24.8 Å². The monoisotopic (exact) mass is 374 g/mol. The van der Waals surface area contributed by atoms with Crippen molar-refractivity contribution in [1.29, 1.82) is 0 Å². The minimum absolute atomic E-state index is 0.0354. The third-order valence-corrected chi connectivity index (χ3v) is 5.61. The molecule has 0 saturated heterocycles. The van der Waals surface area contributed by atoms with Crippen molar-refractivity contribution in [2.75, 3.05) is 17.3 Å². The molecule has 2 aromatic carbocycles. The first-order chi connectivity index (χ1) is 11.9. The van der Waals surface area contributed by atoms with Crippen LogP contribution in [0.3, 0.4) is 0 Å². The summed E-state index contributed by atoms with van der Waals surface area (Å²) in [5, 5.41) is 3.76. The molecular weight excluding hydrogens is 356 g/mol. The van der Waals surface area contributed by atoms with Crippen LogP contribution in [0.25, 0.3) is 10.2 Å². The van der Waals surface area contributed by atoms with Crippen LogP contribution in [0.4, 0.5) is 5.69 Å². The number of carbonyl (C=O) groups is 1. The van der Waals surface area contributed by atoms with Crippen molar-refractivity contribution in [2.45, 2.75) is 12.8 Å². The van der Waals surface area contributed by atoms with Crippen LogP contribution in [-0.4, -0.2) is 31.3 Å². The van der Waals surface area contributed by atoms with Gasteiger partial charge in [-0.1, -0.05) is 24.3 Å². The van der Waals surface area contributed by atoms with Crippen molar-refractivity contribution in [1.82, 2.24) is 4.98 Å². The molecule has 7 heteroatoms. The van der Waals surface area contributed by atoms with Gasteiger partial charge >= 0.3 is 0 Å². The van der Waals surface area contributed by atoms with E-state index in [0.717, 1.165) is 28.8 Å². The van der Waals surface area contributed by atoms with Gasteiger partial charge in [-0.15, -0.1) is 11.3 Å². The van der Waals surface area contributed by atoms with E-state index in [0.29, 0.717) is 5.69 Å². The zero-order valence-electron chi connectivity index (χ0n) is 13.7. The summed E-state index contributed by atoms with van der Waals surface area (Å²) >= 11 is 1.68. The number of rotatable bonds is 6. The number of nitrogens with one attached hydrogen (secondary N) is 1. The van der Waals surface area contributed by atoms with E-state index < -0.39 is 9.84 Å². The number of sulfone groups is 1. The average Bonchev–Trinajstić information content (AvgIpc) is 2.96. The highest BCUT2D eigenvalue weighted by Gasteiger charge is 2.09. The number of amides is 1. The van der Waals surface area contributed by atoms with Gasteiger partial charge in [0.15, 0.2) is 0 Å². The lowest BCUT2D eigenvalue weighted by Crippen LogP contribution is -2.16. The summed E-state index contributed by atoms with van der Waals surface area (Å²) < 4.78 is 23.3. The van der Waals surface area contributed by atoms with Gasteiger partial charge in [-0.2, -0.15) is 0 Å². The van der Waals surface area contributed by atoms with Gasteiger partial charge in [-0.3, -0.25) is 4.79 Å². The fourth-order valence-electron chi connectivity index (χ4n) is 2.38. The van der Waals surface area contributed by atoms with Gasteiger partial charge in [0.05, 0.1) is 21.0 Å². The normalized spacial score (nSPS) is 11.6. The fourth-order valence-corrected chi connectivity index (χ4v) is 3.94. The molecule has 0 fully saturated rings. The van der Waals surface area contributed by atoms with Crippen molar-refractivity contribution in [3.05, 3.63) is 59.1 Å². The lowest BCUT2D eigenvalue weighted by Gasteiger charge is -2.06. The summed E-state index contributed by atoms with van der Waals surface area (Å²) in [5.74, 6) is -0.446. The zero-order valence-corrected chi connectivity index (χ0v) is 15.4. The van der Waals surface area contributed by atoms with E-state index in [2.05, 4.69) is 16.4 Å². The van der Waals surface area contributed by atoms with Gasteiger partial charge < -0.3 is 5.32 Å². The summed E-state index contributed by atoms with van der Waals surface area (Å²) in [6.45, 7) is 0. The van der Waals surface area contributed by atoms with E-state index in [9.17, 15) is 13.2 Å². The van der Waals surface area contributed by atoms with Crippen LogP contribution in [0.15, 0.2) is 48.5 Å². The van der Waals surface area contributed by atoms with E-state index >= 15 is 0 Å². The summed E-state index contributed by atoms with van der Waals surface area (Å²) in [6, 6.07) is 15.6. The number of aromatic nitrogens is 1. The Labute approximate surface area is 150 Å². The van der Waals surface area contributed by atoms with E-state index in [1.807, 2.05) is 42.5 Å². The maximum absolute atomic E-state index is 11.8. The second kappa shape index (κ2) is 7.33. The van der Waals surface area contributed by atoms with Gasteiger partial charge in [0.25, 0.3) is 0 Å². The predicted molar refractivity (Wildman–Crippen MR) is 102 cm³/mol. The molecular formula is C18H18N2O3S2. The average molecular weight is 374 g/mol. The first-order valence-corrected chi connectivity index (χ1v) is 10.7. The SMILES string of the molecule is CS(=O)(=O)CCC(=O)Nc1ccc(Cc2nc3ccccc3s2)cc1. The quantitative estimate of drug-likeness (QED) is 0.718. The molecule has 1 amide bonds. The summed E-state index contributed by atoms with van der Waals surface area (Å²) in [7, 11) is -3.13. The molecule has 1 aromatic heterocycles. The molecule has 25 heavy (non-hydrogen) atoms. The second-order valence-corrected chi connectivity index (χ2v) is 9.25. The Bertz CT molecular complexity index is 960. The Hall–Kier alpha value is -2.25. The number of benzene rings is 2. The number of hydrogen-bond acceptors (Lipinski definition) is 5. The van der Waals surface area contributed by atoms with E-state index in [1.165, 1.54) is 4.70 Å². The highest BCUT2D eigenvalue weighted by atomic mass is 32.2. The Balaban J connectivity index is 1.61. The topological polar surface area (TPSA) is 76.1 Å². The van der Waals surface area contributed by atoms with E-state index in [1.54, 1.807) is 11.3 Å². The Morgan fingerprint density at radius 1 is 1.12 bits per heavy atom. The fraction of sp³-hybridized carbons (Fsp3) is 0.222. The minimum Gasteiger partial charge on any atom is -0.326 e. The number of nitrogens with zero attached hydrogens (tertiary/aromatic N) is 1. The second-order valence-electron chi connectivity index (χ2n) is 5.88. The summed E-state index contributed by atoms with van der Waals surface area (Å²) in [4.78, 5) is 16.4. The Kier molecular flexibility index (Phi) is 5.15. The van der Waals surface area contributed by atoms with Gasteiger partial charge in [0.1, 0.15) is 9.84 Å². The van der Waals surface area contributed by atoms with Crippen LogP contribution in [0.5, 0.6) is 0 Å². The zero-order chi connectivity index (χ0) is 17.9. The van der Waals surface area contributed by atoms with Crippen LogP contribution in [-0.2, 0) is 21.1 Å². The molecule has 3 aromatic rings. The number of thiazole rings is 1. The molecule has 0 aliphatic carbocycles. The first-order valence-electron chi connectivity index (χ1n) is 7.80. The van der Waals surface area contributed by atoms with Gasteiger partial charge in [-0.05, 0) is 29.8 Å². The molecule has 5 nitrogen and oxygen atoms in total. The van der Waals surface area contributed by atoms with E-state index in [-0.39, 0.29) is 18.1 Å². The van der Waals surface area contributed by atoms with Crippen molar-refractivity contribution in [2.24, 2.45) is 0 Å². The van der Waals surface area contributed by atoms with Crippen molar-refractivity contribution in [3.8, 4) is 0 Å². The number of fused-ring (bicyclic) bond motifs is 1. The lowest BCUT2D eigenvalue weighted by atomic mass is 10.1. The van der Waals surface area contributed by atoms with Crippen LogP contribution >= 0.6 is 11.3 Å². The number of hydrogen-bond donors (Lipinski definition) is 1. The van der Waals surface area contributed by atoms with Crippen molar-refractivity contribution in [3.63, 3.8) is 0 Å². The predicted octanol–water partition coefficient (Wildman–Crippen LogP) is 3.26. The molecule has 0 radical (unpaired) electrons.